The van der Waals surface area contributed by atoms with Crippen LogP contribution < -0.4 is 11.5 Å². The van der Waals surface area contributed by atoms with Crippen LogP contribution in [-0.2, 0) is 13.1 Å². The van der Waals surface area contributed by atoms with Gasteiger partial charge in [0.25, 0.3) is 0 Å². The summed E-state index contributed by atoms with van der Waals surface area (Å²) in [4.78, 5) is 24.6. The lowest BCUT2D eigenvalue weighted by Crippen LogP contribution is -2.14. The second kappa shape index (κ2) is 7.74. The molecule has 4 aromatic rings. The molecule has 6 nitrogen and oxygen atoms in total. The van der Waals surface area contributed by atoms with Crippen LogP contribution in [0.25, 0.3) is 33.3 Å². The quantitative estimate of drug-likeness (QED) is 0.318. The number of oxazole rings is 2. The molecule has 0 radical (unpaired) electrons. The molecule has 2 heterocycles. The number of hydrogen-bond acceptors (Lipinski definition) is 4. The summed E-state index contributed by atoms with van der Waals surface area (Å²) in [5.74, 6) is -0.982. The Labute approximate surface area is 184 Å². The van der Waals surface area contributed by atoms with E-state index in [9.17, 15) is 9.59 Å². The van der Waals surface area contributed by atoms with E-state index in [1.807, 2.05) is 0 Å². The first-order chi connectivity index (χ1) is 13.4. The van der Waals surface area contributed by atoms with E-state index in [2.05, 4.69) is 31.9 Å². The van der Waals surface area contributed by atoms with E-state index >= 15 is 0 Å². The minimum atomic E-state index is -0.491. The van der Waals surface area contributed by atoms with Crippen molar-refractivity contribution in [3.8, 4) is 11.1 Å². The van der Waals surface area contributed by atoms with Crippen molar-refractivity contribution >= 4 is 77.3 Å². The fourth-order valence-electron chi connectivity index (χ4n) is 3.25. The molecular weight excluding hydrogens is 539 g/mol. The summed E-state index contributed by atoms with van der Waals surface area (Å²) in [5, 5.41) is 1.99. The third kappa shape index (κ3) is 3.26. The zero-order valence-electron chi connectivity index (χ0n) is 14.2. The summed E-state index contributed by atoms with van der Waals surface area (Å²) in [6, 6.07) is 6.67. The summed E-state index contributed by atoms with van der Waals surface area (Å²) in [6.07, 6.45) is 0. The highest BCUT2D eigenvalue weighted by molar-refractivity contribution is 9.09. The average molecular weight is 551 g/mol. The van der Waals surface area contributed by atoms with Gasteiger partial charge in [0.15, 0.2) is 11.2 Å². The van der Waals surface area contributed by atoms with Crippen molar-refractivity contribution in [1.82, 2.24) is 9.13 Å². The van der Waals surface area contributed by atoms with Gasteiger partial charge in [-0.1, -0.05) is 55.1 Å². The number of aryl methyl sites for hydroxylation is 2. The van der Waals surface area contributed by atoms with Crippen LogP contribution in [0.5, 0.6) is 0 Å². The molecule has 0 saturated carbocycles. The van der Waals surface area contributed by atoms with Gasteiger partial charge in [0.2, 0.25) is 0 Å². The summed E-state index contributed by atoms with van der Waals surface area (Å²) >= 11 is 19.3. The Kier molecular flexibility index (Phi) is 5.48. The Balaban J connectivity index is 2.10. The van der Waals surface area contributed by atoms with Gasteiger partial charge in [-0.2, -0.15) is 0 Å². The van der Waals surface area contributed by atoms with Gasteiger partial charge in [0, 0.05) is 44.9 Å². The molecule has 0 aliphatic heterocycles. The van der Waals surface area contributed by atoms with E-state index in [4.69, 9.17) is 32.0 Å². The fraction of sp³-hybridized carbons (Fsp3) is 0.222. The van der Waals surface area contributed by atoms with Crippen molar-refractivity contribution in [2.24, 2.45) is 0 Å². The van der Waals surface area contributed by atoms with Crippen LogP contribution in [0.2, 0.25) is 10.0 Å². The van der Waals surface area contributed by atoms with Gasteiger partial charge in [-0.3, -0.25) is 9.13 Å². The highest BCUT2D eigenvalue weighted by Crippen LogP contribution is 2.37. The first-order valence-electron chi connectivity index (χ1n) is 8.22. The summed E-state index contributed by atoms with van der Waals surface area (Å²) in [5.41, 5.74) is 2.88. The summed E-state index contributed by atoms with van der Waals surface area (Å²) < 4.78 is 14.0. The van der Waals surface area contributed by atoms with Crippen LogP contribution in [0.15, 0.2) is 42.7 Å². The number of hydrogen-bond donors (Lipinski definition) is 0. The molecule has 0 saturated heterocycles. The lowest BCUT2D eigenvalue weighted by molar-refractivity contribution is 0.513. The van der Waals surface area contributed by atoms with Crippen LogP contribution in [0, 0.1) is 0 Å². The molecule has 10 heteroatoms. The number of benzene rings is 2. The van der Waals surface area contributed by atoms with Crippen LogP contribution in [0.3, 0.4) is 0 Å². The monoisotopic (exact) mass is 548 g/mol. The second-order valence-corrected chi connectivity index (χ2v) is 8.48. The van der Waals surface area contributed by atoms with Crippen LogP contribution in [-0.4, -0.2) is 19.8 Å². The number of aromatic nitrogens is 2. The number of rotatable bonds is 5. The molecule has 28 heavy (non-hydrogen) atoms. The van der Waals surface area contributed by atoms with Crippen molar-refractivity contribution in [1.29, 1.82) is 0 Å². The van der Waals surface area contributed by atoms with Crippen LogP contribution in [0.1, 0.15) is 0 Å². The van der Waals surface area contributed by atoms with E-state index in [1.54, 1.807) is 24.3 Å². The summed E-state index contributed by atoms with van der Waals surface area (Å²) in [6.45, 7) is 0.848. The number of halogens is 4. The normalized spacial score (nSPS) is 11.7. The van der Waals surface area contributed by atoms with Crippen LogP contribution >= 0.6 is 55.1 Å². The minimum Gasteiger partial charge on any atom is -0.407 e. The molecule has 146 valence electrons. The molecule has 0 aliphatic rings. The SMILES string of the molecule is O=c1oc2c(-c3cc(Cl)cc4c3oc(=O)n4CCBr)cc(Cl)cc2n1CCBr. The fourth-order valence-corrected chi connectivity index (χ4v) is 4.38. The molecule has 2 aromatic carbocycles. The number of alkyl halides is 2. The molecule has 0 unspecified atom stereocenters. The van der Waals surface area contributed by atoms with Crippen molar-refractivity contribution in [2.45, 2.75) is 13.1 Å². The zero-order valence-corrected chi connectivity index (χ0v) is 18.9. The first kappa shape index (κ1) is 19.8. The Morgan fingerprint density at radius 3 is 1.50 bits per heavy atom. The van der Waals surface area contributed by atoms with Gasteiger partial charge in [0.1, 0.15) is 0 Å². The third-order valence-corrected chi connectivity index (χ3v) is 5.52. The van der Waals surface area contributed by atoms with Gasteiger partial charge in [-0.05, 0) is 24.3 Å². The van der Waals surface area contributed by atoms with Gasteiger partial charge >= 0.3 is 11.5 Å². The average Bonchev–Trinajstić information content (AvgIpc) is 3.12. The second-order valence-electron chi connectivity index (χ2n) is 6.02. The van der Waals surface area contributed by atoms with Crippen molar-refractivity contribution in [3.63, 3.8) is 0 Å². The molecule has 2 aromatic heterocycles. The molecule has 4 rings (SSSR count). The Morgan fingerprint density at radius 1 is 0.750 bits per heavy atom. The van der Waals surface area contributed by atoms with Gasteiger partial charge in [-0.15, -0.1) is 0 Å². The minimum absolute atomic E-state index is 0.356. The molecule has 0 amide bonds. The van der Waals surface area contributed by atoms with E-state index in [1.165, 1.54) is 9.13 Å². The van der Waals surface area contributed by atoms with Gasteiger partial charge in [0.05, 0.1) is 11.0 Å². The first-order valence-corrected chi connectivity index (χ1v) is 11.2. The Morgan fingerprint density at radius 2 is 1.14 bits per heavy atom. The van der Waals surface area contributed by atoms with E-state index in [0.717, 1.165) is 0 Å². The van der Waals surface area contributed by atoms with Gasteiger partial charge < -0.3 is 8.83 Å². The molecule has 0 aliphatic carbocycles. The molecule has 0 spiro atoms. The van der Waals surface area contributed by atoms with Crippen LogP contribution in [0.4, 0.5) is 0 Å². The molecular formula is C18H12Br2Cl2N2O4. The van der Waals surface area contributed by atoms with E-state index in [0.29, 0.717) is 67.1 Å². The lowest BCUT2D eigenvalue weighted by atomic mass is 10.0. The molecule has 0 bridgehead atoms. The topological polar surface area (TPSA) is 70.3 Å². The zero-order chi connectivity index (χ0) is 20.0. The largest absolute Gasteiger partial charge is 0.419 e. The molecule has 0 fully saturated rings. The maximum absolute atomic E-state index is 12.3. The van der Waals surface area contributed by atoms with E-state index < -0.39 is 11.5 Å². The van der Waals surface area contributed by atoms with E-state index in [-0.39, 0.29) is 0 Å². The standard InChI is InChI=1S/C18H12Br2Cl2N2O4/c19-1-3-23-13-7-9(21)5-11(15(13)27-17(23)25)12-6-10(22)8-14-16(12)28-18(26)24(14)4-2-20/h5-8H,1-4H2. The number of fused-ring (bicyclic) bond motifs is 2. The highest BCUT2D eigenvalue weighted by atomic mass is 79.9. The molecule has 0 atom stereocenters. The number of nitrogens with zero attached hydrogens (tertiary/aromatic N) is 2. The highest BCUT2D eigenvalue weighted by Gasteiger charge is 2.21. The smallest absolute Gasteiger partial charge is 0.407 e. The Hall–Kier alpha value is -1.48. The summed E-state index contributed by atoms with van der Waals surface area (Å²) in [7, 11) is 0. The van der Waals surface area contributed by atoms with Crippen molar-refractivity contribution < 1.29 is 8.83 Å². The predicted octanol–water partition coefficient (Wildman–Crippen LogP) is 5.27. The third-order valence-electron chi connectivity index (χ3n) is 4.38. The maximum Gasteiger partial charge on any atom is 0.419 e. The van der Waals surface area contributed by atoms with Gasteiger partial charge in [-0.25, -0.2) is 9.59 Å². The Bertz CT molecular complexity index is 1220. The van der Waals surface area contributed by atoms with Crippen molar-refractivity contribution in [3.05, 3.63) is 55.4 Å². The predicted molar refractivity (Wildman–Crippen MR) is 118 cm³/mol. The molecule has 0 N–H and O–H groups in total. The lowest BCUT2D eigenvalue weighted by Gasteiger charge is -2.07. The van der Waals surface area contributed by atoms with Crippen molar-refractivity contribution in [2.75, 3.05) is 10.7 Å². The maximum atomic E-state index is 12.3.